The summed E-state index contributed by atoms with van der Waals surface area (Å²) in [6.07, 6.45) is 0. The number of amides is 2. The van der Waals surface area contributed by atoms with Gasteiger partial charge >= 0.3 is 0 Å². The number of benzene rings is 2. The molecule has 0 fully saturated rings. The molecule has 0 aliphatic rings. The maximum Gasteiger partial charge on any atom is 0.252 e. The first-order valence-corrected chi connectivity index (χ1v) is 7.04. The molecule has 0 aliphatic heterocycles. The van der Waals surface area contributed by atoms with Crippen LogP contribution in [0, 0.1) is 0 Å². The Balaban J connectivity index is 1.93. The number of hydrogen-bond acceptors (Lipinski definition) is 5. The summed E-state index contributed by atoms with van der Waals surface area (Å²) in [5.74, 6) is -1.24. The molecule has 0 spiro atoms. The maximum atomic E-state index is 11.9. The number of rotatable bonds is 8. The molecule has 7 nitrogen and oxygen atoms in total. The summed E-state index contributed by atoms with van der Waals surface area (Å²) in [7, 11) is 0. The molecule has 0 unspecified atom stereocenters. The van der Waals surface area contributed by atoms with Crippen molar-refractivity contribution in [1.82, 2.24) is 0 Å². The van der Waals surface area contributed by atoms with E-state index in [1.54, 1.807) is 24.3 Å². The Hall–Kier alpha value is -3.35. The van der Waals surface area contributed by atoms with Crippen LogP contribution in [0.15, 0.2) is 48.5 Å². The van der Waals surface area contributed by atoms with E-state index in [4.69, 9.17) is 20.9 Å². The van der Waals surface area contributed by atoms with Crippen LogP contribution in [0.5, 0.6) is 11.5 Å². The van der Waals surface area contributed by atoms with Crippen molar-refractivity contribution in [2.75, 3.05) is 13.2 Å². The number of Topliss-reactive ketones (excluding diaryl/α,β-unsaturated/α-hetero) is 1. The summed E-state index contributed by atoms with van der Waals surface area (Å²) in [5, 5.41) is 0. The SMILES string of the molecule is NC(=O)c1ccccc1OCC(=O)COc1ccccc1C(N)=O. The number of ether oxygens (including phenoxy) is 2. The molecule has 0 saturated carbocycles. The predicted octanol–water partition coefficient (Wildman–Crippen LogP) is 0.911. The molecule has 0 radical (unpaired) electrons. The van der Waals surface area contributed by atoms with E-state index in [1.165, 1.54) is 24.3 Å². The van der Waals surface area contributed by atoms with E-state index in [-0.39, 0.29) is 41.6 Å². The van der Waals surface area contributed by atoms with Crippen molar-refractivity contribution >= 4 is 17.6 Å². The Bertz CT molecular complexity index is 710. The first-order valence-electron chi connectivity index (χ1n) is 7.04. The summed E-state index contributed by atoms with van der Waals surface area (Å²) < 4.78 is 10.6. The fraction of sp³-hybridized carbons (Fsp3) is 0.118. The molecule has 0 heterocycles. The van der Waals surface area contributed by atoms with Crippen molar-refractivity contribution in [3.8, 4) is 11.5 Å². The lowest BCUT2D eigenvalue weighted by atomic mass is 10.2. The summed E-state index contributed by atoms with van der Waals surface area (Å²) in [6, 6.07) is 12.7. The van der Waals surface area contributed by atoms with Crippen LogP contribution in [-0.4, -0.2) is 30.8 Å². The number of hydrogen-bond donors (Lipinski definition) is 2. The predicted molar refractivity (Wildman–Crippen MR) is 85.9 cm³/mol. The van der Waals surface area contributed by atoms with Gasteiger partial charge in [0.2, 0.25) is 5.78 Å². The normalized spacial score (nSPS) is 10.0. The highest BCUT2D eigenvalue weighted by Gasteiger charge is 2.13. The molecule has 0 bridgehead atoms. The van der Waals surface area contributed by atoms with E-state index in [0.717, 1.165) is 0 Å². The van der Waals surface area contributed by atoms with Gasteiger partial charge in [0, 0.05) is 0 Å². The zero-order valence-electron chi connectivity index (χ0n) is 12.7. The topological polar surface area (TPSA) is 122 Å². The molecule has 2 aromatic rings. The highest BCUT2D eigenvalue weighted by atomic mass is 16.5. The first kappa shape index (κ1) is 17.0. The van der Waals surface area contributed by atoms with Crippen molar-refractivity contribution in [3.63, 3.8) is 0 Å². The van der Waals surface area contributed by atoms with E-state index in [1.807, 2.05) is 0 Å². The highest BCUT2D eigenvalue weighted by molar-refractivity contribution is 5.96. The average Bonchev–Trinajstić information content (AvgIpc) is 2.58. The molecule has 0 aromatic heterocycles. The Morgan fingerprint density at radius 1 is 0.708 bits per heavy atom. The van der Waals surface area contributed by atoms with Crippen molar-refractivity contribution in [2.24, 2.45) is 11.5 Å². The number of ketones is 1. The van der Waals surface area contributed by atoms with Gasteiger partial charge in [-0.05, 0) is 24.3 Å². The second-order valence-corrected chi connectivity index (χ2v) is 4.84. The van der Waals surface area contributed by atoms with Crippen LogP contribution in [0.2, 0.25) is 0 Å². The van der Waals surface area contributed by atoms with Gasteiger partial charge in [-0.3, -0.25) is 14.4 Å². The van der Waals surface area contributed by atoms with Gasteiger partial charge in [0.1, 0.15) is 11.5 Å². The molecule has 2 rings (SSSR count). The van der Waals surface area contributed by atoms with Crippen LogP contribution in [0.1, 0.15) is 20.7 Å². The largest absolute Gasteiger partial charge is 0.485 e. The molecule has 24 heavy (non-hydrogen) atoms. The fourth-order valence-corrected chi connectivity index (χ4v) is 1.95. The van der Waals surface area contributed by atoms with E-state index < -0.39 is 11.8 Å². The molecule has 0 atom stereocenters. The second-order valence-electron chi connectivity index (χ2n) is 4.84. The molecule has 2 amide bonds. The average molecular weight is 328 g/mol. The van der Waals surface area contributed by atoms with Gasteiger partial charge < -0.3 is 20.9 Å². The third-order valence-electron chi connectivity index (χ3n) is 3.08. The van der Waals surface area contributed by atoms with Gasteiger partial charge in [-0.15, -0.1) is 0 Å². The van der Waals surface area contributed by atoms with Crippen LogP contribution in [0.25, 0.3) is 0 Å². The van der Waals surface area contributed by atoms with E-state index >= 15 is 0 Å². The molecular formula is C17H16N2O5. The van der Waals surface area contributed by atoms with Crippen molar-refractivity contribution in [3.05, 3.63) is 59.7 Å². The molecule has 0 saturated heterocycles. The summed E-state index contributed by atoms with van der Waals surface area (Å²) in [6.45, 7) is -0.605. The minimum absolute atomic E-state index is 0.185. The fourth-order valence-electron chi connectivity index (χ4n) is 1.95. The zero-order valence-corrected chi connectivity index (χ0v) is 12.7. The van der Waals surface area contributed by atoms with Crippen LogP contribution in [-0.2, 0) is 4.79 Å². The van der Waals surface area contributed by atoms with E-state index in [9.17, 15) is 14.4 Å². The lowest BCUT2D eigenvalue weighted by molar-refractivity contribution is -0.123. The van der Waals surface area contributed by atoms with Gasteiger partial charge in [0.25, 0.3) is 11.8 Å². The number of carbonyl (C=O) groups excluding carboxylic acids is 3. The quantitative estimate of drug-likeness (QED) is 0.746. The lowest BCUT2D eigenvalue weighted by Gasteiger charge is -2.10. The lowest BCUT2D eigenvalue weighted by Crippen LogP contribution is -2.22. The van der Waals surface area contributed by atoms with Crippen LogP contribution < -0.4 is 20.9 Å². The van der Waals surface area contributed by atoms with Crippen molar-refractivity contribution in [1.29, 1.82) is 0 Å². The second kappa shape index (κ2) is 7.77. The number of carbonyl (C=O) groups is 3. The molecule has 2 aromatic carbocycles. The number of nitrogens with two attached hydrogens (primary N) is 2. The van der Waals surface area contributed by atoms with Gasteiger partial charge in [-0.2, -0.15) is 0 Å². The minimum Gasteiger partial charge on any atom is -0.485 e. The minimum atomic E-state index is -0.648. The molecular weight excluding hydrogens is 312 g/mol. The third-order valence-corrected chi connectivity index (χ3v) is 3.08. The Labute approximate surface area is 138 Å². The molecule has 124 valence electrons. The Morgan fingerprint density at radius 2 is 1.08 bits per heavy atom. The summed E-state index contributed by atoms with van der Waals surface area (Å²) in [5.41, 5.74) is 10.8. The molecule has 7 heteroatoms. The smallest absolute Gasteiger partial charge is 0.252 e. The molecule has 4 N–H and O–H groups in total. The maximum absolute atomic E-state index is 11.9. The monoisotopic (exact) mass is 328 g/mol. The first-order chi connectivity index (χ1) is 11.5. The number of para-hydroxylation sites is 2. The highest BCUT2D eigenvalue weighted by Crippen LogP contribution is 2.18. The summed E-state index contributed by atoms with van der Waals surface area (Å²) >= 11 is 0. The summed E-state index contributed by atoms with van der Waals surface area (Å²) in [4.78, 5) is 34.4. The third kappa shape index (κ3) is 4.33. The Kier molecular flexibility index (Phi) is 5.51. The van der Waals surface area contributed by atoms with Crippen molar-refractivity contribution in [2.45, 2.75) is 0 Å². The van der Waals surface area contributed by atoms with Gasteiger partial charge in [0.05, 0.1) is 11.1 Å². The van der Waals surface area contributed by atoms with Crippen LogP contribution in [0.4, 0.5) is 0 Å². The molecule has 0 aliphatic carbocycles. The van der Waals surface area contributed by atoms with Gasteiger partial charge in [-0.25, -0.2) is 0 Å². The Morgan fingerprint density at radius 3 is 1.46 bits per heavy atom. The van der Waals surface area contributed by atoms with E-state index in [0.29, 0.717) is 0 Å². The van der Waals surface area contributed by atoms with Crippen LogP contribution in [0.3, 0.4) is 0 Å². The van der Waals surface area contributed by atoms with E-state index in [2.05, 4.69) is 0 Å². The zero-order chi connectivity index (χ0) is 17.5. The standard InChI is InChI=1S/C17H16N2O5/c18-16(21)12-5-1-3-7-14(12)23-9-11(20)10-24-15-8-4-2-6-13(15)17(19)22/h1-8H,9-10H2,(H2,18,21)(H2,19,22). The number of primary amides is 2. The van der Waals surface area contributed by atoms with Gasteiger partial charge in [0.15, 0.2) is 13.2 Å². The van der Waals surface area contributed by atoms with Crippen LogP contribution >= 0.6 is 0 Å². The van der Waals surface area contributed by atoms with Crippen molar-refractivity contribution < 1.29 is 23.9 Å². The van der Waals surface area contributed by atoms with Gasteiger partial charge in [-0.1, -0.05) is 24.3 Å².